The largest absolute Gasteiger partial charge is 0.504 e. The Balaban J connectivity index is 1.86. The third-order valence-electron chi connectivity index (χ3n) is 4.18. The van der Waals surface area contributed by atoms with Gasteiger partial charge in [0.1, 0.15) is 5.82 Å². The highest BCUT2D eigenvalue weighted by Gasteiger charge is 2.13. The summed E-state index contributed by atoms with van der Waals surface area (Å²) >= 11 is 0. The molecular formula is C19H16N4O3. The number of methoxy groups -OCH3 is 1. The number of hydrogen-bond acceptors (Lipinski definition) is 5. The number of rotatable bonds is 3. The molecule has 0 aliphatic rings. The van der Waals surface area contributed by atoms with Crippen molar-refractivity contribution in [2.75, 3.05) is 7.11 Å². The number of para-hydroxylation sites is 1. The van der Waals surface area contributed by atoms with Crippen LogP contribution in [0.25, 0.3) is 22.1 Å². The molecule has 0 atom stereocenters. The lowest BCUT2D eigenvalue weighted by molar-refractivity contribution is 0.373. The fourth-order valence-electron chi connectivity index (χ4n) is 2.88. The molecule has 26 heavy (non-hydrogen) atoms. The van der Waals surface area contributed by atoms with Crippen LogP contribution in [0.5, 0.6) is 11.5 Å². The molecule has 2 aromatic carbocycles. The molecule has 0 spiro atoms. The minimum absolute atomic E-state index is 0.0599. The minimum atomic E-state index is -0.127. The highest BCUT2D eigenvalue weighted by Crippen LogP contribution is 2.25. The molecule has 0 saturated heterocycles. The van der Waals surface area contributed by atoms with Crippen molar-refractivity contribution >= 4 is 28.3 Å². The summed E-state index contributed by atoms with van der Waals surface area (Å²) in [6.07, 6.45) is 1.61. The van der Waals surface area contributed by atoms with Gasteiger partial charge in [-0.3, -0.25) is 4.79 Å². The van der Waals surface area contributed by atoms with Gasteiger partial charge in [0.25, 0.3) is 0 Å². The van der Waals surface area contributed by atoms with E-state index in [9.17, 15) is 9.90 Å². The maximum atomic E-state index is 12.7. The number of phenols is 1. The smallest absolute Gasteiger partial charge is 0.217 e. The van der Waals surface area contributed by atoms with Crippen LogP contribution in [0.3, 0.4) is 0 Å². The first-order valence-corrected chi connectivity index (χ1v) is 8.00. The fourth-order valence-corrected chi connectivity index (χ4v) is 2.88. The number of hydrogen-bond donors (Lipinski definition) is 2. The van der Waals surface area contributed by atoms with Crippen LogP contribution in [-0.2, 0) is 0 Å². The summed E-state index contributed by atoms with van der Waals surface area (Å²) in [5.41, 5.74) is 2.23. The minimum Gasteiger partial charge on any atom is -0.504 e. The third-order valence-corrected chi connectivity index (χ3v) is 4.18. The summed E-state index contributed by atoms with van der Waals surface area (Å²) in [7, 11) is 1.49. The average Bonchev–Trinajstić information content (AvgIpc) is 2.97. The molecule has 0 saturated carbocycles. The number of benzene rings is 2. The Hall–Kier alpha value is -3.61. The van der Waals surface area contributed by atoms with Crippen LogP contribution >= 0.6 is 0 Å². The molecule has 4 rings (SSSR count). The maximum absolute atomic E-state index is 12.7. The summed E-state index contributed by atoms with van der Waals surface area (Å²) < 4.78 is 6.69. The van der Waals surface area contributed by atoms with Crippen molar-refractivity contribution in [1.82, 2.24) is 14.6 Å². The van der Waals surface area contributed by atoms with E-state index in [1.54, 1.807) is 36.0 Å². The Morgan fingerprint density at radius 3 is 2.88 bits per heavy atom. The Morgan fingerprint density at radius 2 is 2.08 bits per heavy atom. The van der Waals surface area contributed by atoms with E-state index in [0.29, 0.717) is 28.1 Å². The van der Waals surface area contributed by atoms with Gasteiger partial charge in [-0.25, -0.2) is 9.66 Å². The number of aromatic hydroxyl groups is 1. The SMILES string of the molecule is COc1cc(C=Nn2c(C)nc3c(=O)c4ccccc4[nH]c32)ccc1O. The third kappa shape index (κ3) is 2.50. The van der Waals surface area contributed by atoms with Crippen molar-refractivity contribution in [1.29, 1.82) is 0 Å². The zero-order chi connectivity index (χ0) is 18.3. The second-order valence-corrected chi connectivity index (χ2v) is 5.84. The standard InChI is InChI=1S/C19H16N4O3/c1-11-21-17-18(25)13-5-3-4-6-14(13)22-19(17)23(11)20-10-12-7-8-15(24)16(9-12)26-2/h3-10,24H,1-2H3,(H,22,25). The molecule has 0 unspecified atom stereocenters. The van der Waals surface area contributed by atoms with Gasteiger partial charge in [-0.05, 0) is 42.8 Å². The van der Waals surface area contributed by atoms with Gasteiger partial charge in [-0.1, -0.05) is 12.1 Å². The Morgan fingerprint density at radius 1 is 1.27 bits per heavy atom. The van der Waals surface area contributed by atoms with Gasteiger partial charge in [0.2, 0.25) is 5.43 Å². The topological polar surface area (TPSA) is 92.5 Å². The Bertz CT molecular complexity index is 1220. The van der Waals surface area contributed by atoms with Crippen LogP contribution in [0.15, 0.2) is 52.4 Å². The number of H-pyrrole nitrogens is 1. The molecule has 2 heterocycles. The number of phenolic OH excluding ortho intramolecular Hbond substituents is 1. The Kier molecular flexibility index (Phi) is 3.69. The quantitative estimate of drug-likeness (QED) is 0.557. The van der Waals surface area contributed by atoms with Gasteiger partial charge in [0.15, 0.2) is 22.7 Å². The van der Waals surface area contributed by atoms with Crippen LogP contribution in [0.1, 0.15) is 11.4 Å². The lowest BCUT2D eigenvalue weighted by Crippen LogP contribution is -2.04. The highest BCUT2D eigenvalue weighted by atomic mass is 16.5. The normalized spacial score (nSPS) is 11.6. The fraction of sp³-hybridized carbons (Fsp3) is 0.105. The molecule has 0 bridgehead atoms. The van der Waals surface area contributed by atoms with Gasteiger partial charge in [0, 0.05) is 5.39 Å². The lowest BCUT2D eigenvalue weighted by Gasteiger charge is -2.04. The molecule has 130 valence electrons. The van der Waals surface area contributed by atoms with Gasteiger partial charge in [-0.2, -0.15) is 5.10 Å². The molecule has 0 amide bonds. The summed E-state index contributed by atoms with van der Waals surface area (Å²) in [6.45, 7) is 1.78. The molecule has 7 nitrogen and oxygen atoms in total. The molecular weight excluding hydrogens is 332 g/mol. The number of nitrogens with zero attached hydrogens (tertiary/aromatic N) is 3. The van der Waals surface area contributed by atoms with E-state index in [1.165, 1.54) is 13.2 Å². The molecule has 2 N–H and O–H groups in total. The first-order valence-electron chi connectivity index (χ1n) is 8.00. The second-order valence-electron chi connectivity index (χ2n) is 5.84. The van der Waals surface area contributed by atoms with Crippen LogP contribution in [0, 0.1) is 6.92 Å². The maximum Gasteiger partial charge on any atom is 0.217 e. The predicted molar refractivity (Wildman–Crippen MR) is 100 cm³/mol. The lowest BCUT2D eigenvalue weighted by atomic mass is 10.2. The number of aryl methyl sites for hydroxylation is 1. The number of ether oxygens (including phenoxy) is 1. The summed E-state index contributed by atoms with van der Waals surface area (Å²) in [4.78, 5) is 20.2. The van der Waals surface area contributed by atoms with Crippen LogP contribution < -0.4 is 10.2 Å². The van der Waals surface area contributed by atoms with E-state index in [1.807, 2.05) is 18.2 Å². The van der Waals surface area contributed by atoms with Crippen molar-refractivity contribution in [3.8, 4) is 11.5 Å². The summed E-state index contributed by atoms with van der Waals surface area (Å²) in [5.74, 6) is 1.01. The number of aromatic nitrogens is 3. The zero-order valence-electron chi connectivity index (χ0n) is 14.2. The van der Waals surface area contributed by atoms with Crippen LogP contribution in [-0.4, -0.2) is 33.1 Å². The van der Waals surface area contributed by atoms with E-state index in [4.69, 9.17) is 4.74 Å². The number of pyridine rings is 1. The summed E-state index contributed by atoms with van der Waals surface area (Å²) in [6, 6.07) is 12.2. The van der Waals surface area contributed by atoms with E-state index in [-0.39, 0.29) is 11.2 Å². The van der Waals surface area contributed by atoms with Crippen molar-refractivity contribution < 1.29 is 9.84 Å². The molecule has 7 heteroatoms. The van der Waals surface area contributed by atoms with Crippen molar-refractivity contribution in [3.63, 3.8) is 0 Å². The number of aromatic amines is 1. The monoisotopic (exact) mass is 348 g/mol. The summed E-state index contributed by atoms with van der Waals surface area (Å²) in [5, 5.41) is 14.7. The first-order chi connectivity index (χ1) is 12.6. The molecule has 0 radical (unpaired) electrons. The van der Waals surface area contributed by atoms with Crippen LogP contribution in [0.4, 0.5) is 0 Å². The van der Waals surface area contributed by atoms with Crippen molar-refractivity contribution in [2.45, 2.75) is 6.92 Å². The zero-order valence-corrected chi connectivity index (χ0v) is 14.2. The van der Waals surface area contributed by atoms with Gasteiger partial charge >= 0.3 is 0 Å². The molecule has 0 fully saturated rings. The van der Waals surface area contributed by atoms with E-state index in [0.717, 1.165) is 11.1 Å². The molecule has 0 aliphatic heterocycles. The number of nitrogens with one attached hydrogen (secondary N) is 1. The number of imidazole rings is 1. The van der Waals surface area contributed by atoms with Crippen LogP contribution in [0.2, 0.25) is 0 Å². The van der Waals surface area contributed by atoms with Gasteiger partial charge < -0.3 is 14.8 Å². The second kappa shape index (κ2) is 6.03. The van der Waals surface area contributed by atoms with E-state index < -0.39 is 0 Å². The molecule has 4 aromatic rings. The highest BCUT2D eigenvalue weighted by molar-refractivity contribution is 5.90. The molecule has 0 aliphatic carbocycles. The van der Waals surface area contributed by atoms with Gasteiger partial charge in [0.05, 0.1) is 18.8 Å². The van der Waals surface area contributed by atoms with E-state index in [2.05, 4.69) is 15.1 Å². The average molecular weight is 348 g/mol. The number of fused-ring (bicyclic) bond motifs is 2. The Labute approximate surface area is 148 Å². The first kappa shape index (κ1) is 15.9. The van der Waals surface area contributed by atoms with Gasteiger partial charge in [-0.15, -0.1) is 0 Å². The van der Waals surface area contributed by atoms with Crippen molar-refractivity contribution in [3.05, 3.63) is 64.1 Å². The predicted octanol–water partition coefficient (Wildman–Crippen LogP) is 2.78. The van der Waals surface area contributed by atoms with Crippen molar-refractivity contribution in [2.24, 2.45) is 5.10 Å². The molecule has 2 aromatic heterocycles. The van der Waals surface area contributed by atoms with E-state index >= 15 is 0 Å².